The van der Waals surface area contributed by atoms with E-state index in [0.717, 1.165) is 24.4 Å². The van der Waals surface area contributed by atoms with Gasteiger partial charge in [0.25, 0.3) is 0 Å². The van der Waals surface area contributed by atoms with Crippen LogP contribution in [0.3, 0.4) is 0 Å². The first-order chi connectivity index (χ1) is 14.6. The van der Waals surface area contributed by atoms with Gasteiger partial charge in [0.2, 0.25) is 0 Å². The van der Waals surface area contributed by atoms with E-state index in [9.17, 15) is 0 Å². The van der Waals surface area contributed by atoms with Crippen molar-refractivity contribution in [1.29, 1.82) is 0 Å². The van der Waals surface area contributed by atoms with Crippen molar-refractivity contribution in [2.24, 2.45) is 0 Å². The summed E-state index contributed by atoms with van der Waals surface area (Å²) >= 11 is 12.5. The molecule has 1 N–H and O–H groups in total. The quantitative estimate of drug-likeness (QED) is 0.297. The van der Waals surface area contributed by atoms with Crippen molar-refractivity contribution in [3.8, 4) is 5.75 Å². The molecule has 0 radical (unpaired) electrons. The van der Waals surface area contributed by atoms with Gasteiger partial charge in [0.15, 0.2) is 0 Å². The average Bonchev–Trinajstić information content (AvgIpc) is 2.75. The molecule has 0 aliphatic carbocycles. The summed E-state index contributed by atoms with van der Waals surface area (Å²) in [6, 6.07) is 13.7. The molecule has 2 rings (SSSR count). The van der Waals surface area contributed by atoms with E-state index in [1.54, 1.807) is 0 Å². The van der Waals surface area contributed by atoms with Crippen molar-refractivity contribution in [3.05, 3.63) is 63.6 Å². The predicted molar refractivity (Wildman–Crippen MR) is 130 cm³/mol. The van der Waals surface area contributed by atoms with Gasteiger partial charge in [0.1, 0.15) is 12.4 Å². The van der Waals surface area contributed by atoms with Gasteiger partial charge >= 0.3 is 0 Å². The molecule has 0 aliphatic heterocycles. The number of ether oxygens (including phenoxy) is 1. The lowest BCUT2D eigenvalue weighted by atomic mass is 10.2. The molecule has 0 saturated carbocycles. The molecule has 5 heteroatoms. The van der Waals surface area contributed by atoms with Crippen LogP contribution in [-0.2, 0) is 13.2 Å². The third-order valence-electron chi connectivity index (χ3n) is 5.16. The van der Waals surface area contributed by atoms with E-state index in [2.05, 4.69) is 36.2 Å². The predicted octanol–water partition coefficient (Wildman–Crippen LogP) is 6.95. The molecule has 2 aromatic carbocycles. The maximum atomic E-state index is 6.23. The smallest absolute Gasteiger partial charge is 0.120 e. The maximum absolute atomic E-state index is 6.23. The largest absolute Gasteiger partial charge is 0.489 e. The SMILES string of the molecule is CCCCN(CCCC)CCCNCc1cccc(OCc2c(Cl)cccc2Cl)c1. The number of rotatable bonds is 15. The molecule has 0 heterocycles. The fourth-order valence-electron chi connectivity index (χ4n) is 3.33. The summed E-state index contributed by atoms with van der Waals surface area (Å²) in [5.41, 5.74) is 2.03. The molecule has 0 atom stereocenters. The second kappa shape index (κ2) is 14.7. The number of hydrogen-bond acceptors (Lipinski definition) is 3. The molecule has 0 spiro atoms. The molecule has 0 unspecified atom stereocenters. The van der Waals surface area contributed by atoms with E-state index in [1.165, 1.54) is 57.3 Å². The highest BCUT2D eigenvalue weighted by molar-refractivity contribution is 6.35. The van der Waals surface area contributed by atoms with E-state index in [1.807, 2.05) is 30.3 Å². The van der Waals surface area contributed by atoms with E-state index >= 15 is 0 Å². The number of benzene rings is 2. The zero-order valence-electron chi connectivity index (χ0n) is 18.4. The Morgan fingerprint density at radius 1 is 0.867 bits per heavy atom. The Labute approximate surface area is 192 Å². The molecule has 0 bridgehead atoms. The average molecular weight is 451 g/mol. The van der Waals surface area contributed by atoms with Gasteiger partial charge in [-0.2, -0.15) is 0 Å². The molecule has 0 aromatic heterocycles. The maximum Gasteiger partial charge on any atom is 0.120 e. The highest BCUT2D eigenvalue weighted by Crippen LogP contribution is 2.26. The highest BCUT2D eigenvalue weighted by atomic mass is 35.5. The van der Waals surface area contributed by atoms with Crippen molar-refractivity contribution in [2.45, 2.75) is 59.1 Å². The van der Waals surface area contributed by atoms with Crippen LogP contribution in [0.25, 0.3) is 0 Å². The number of hydrogen-bond donors (Lipinski definition) is 1. The summed E-state index contributed by atoms with van der Waals surface area (Å²) in [4.78, 5) is 2.61. The minimum Gasteiger partial charge on any atom is -0.489 e. The second-order valence-electron chi connectivity index (χ2n) is 7.72. The van der Waals surface area contributed by atoms with Gasteiger partial charge in [-0.1, -0.05) is 68.1 Å². The molecule has 166 valence electrons. The molecule has 2 aromatic rings. The topological polar surface area (TPSA) is 24.5 Å². The number of nitrogens with zero attached hydrogens (tertiary/aromatic N) is 1. The van der Waals surface area contributed by atoms with Gasteiger partial charge in [-0.05, 0) is 75.3 Å². The summed E-state index contributed by atoms with van der Waals surface area (Å²) in [6.45, 7) is 10.4. The van der Waals surface area contributed by atoms with Crippen molar-refractivity contribution >= 4 is 23.2 Å². The Hall–Kier alpha value is -1.26. The van der Waals surface area contributed by atoms with Gasteiger partial charge in [0.05, 0.1) is 0 Å². The Balaban J connectivity index is 1.73. The first kappa shape index (κ1) is 25.0. The lowest BCUT2D eigenvalue weighted by Gasteiger charge is -2.22. The minimum atomic E-state index is 0.362. The Morgan fingerprint density at radius 3 is 2.17 bits per heavy atom. The van der Waals surface area contributed by atoms with Crippen LogP contribution < -0.4 is 10.1 Å². The molecule has 0 fully saturated rings. The monoisotopic (exact) mass is 450 g/mol. The van der Waals surface area contributed by atoms with Crippen LogP contribution in [0.4, 0.5) is 0 Å². The van der Waals surface area contributed by atoms with Crippen molar-refractivity contribution in [1.82, 2.24) is 10.2 Å². The van der Waals surface area contributed by atoms with Gasteiger partial charge in [-0.25, -0.2) is 0 Å². The molecule has 30 heavy (non-hydrogen) atoms. The van der Waals surface area contributed by atoms with Crippen LogP contribution in [0.1, 0.15) is 57.1 Å². The summed E-state index contributed by atoms with van der Waals surface area (Å²) < 4.78 is 5.92. The first-order valence-electron chi connectivity index (χ1n) is 11.2. The third-order valence-corrected chi connectivity index (χ3v) is 5.86. The van der Waals surface area contributed by atoms with E-state index in [0.29, 0.717) is 16.7 Å². The van der Waals surface area contributed by atoms with Crippen molar-refractivity contribution in [3.63, 3.8) is 0 Å². The standard InChI is InChI=1S/C25H36Cl2N2O/c1-3-5-15-29(16-6-4-2)17-9-14-28-19-21-10-7-11-22(18-21)30-20-23-24(26)12-8-13-25(23)27/h7-8,10-13,18,28H,3-6,9,14-17,19-20H2,1-2H3. The van der Waals surface area contributed by atoms with Crippen LogP contribution in [-0.4, -0.2) is 31.1 Å². The van der Waals surface area contributed by atoms with Crippen molar-refractivity contribution in [2.75, 3.05) is 26.2 Å². The van der Waals surface area contributed by atoms with Gasteiger partial charge in [-0.3, -0.25) is 0 Å². The number of unbranched alkanes of at least 4 members (excludes halogenated alkanes) is 2. The lowest BCUT2D eigenvalue weighted by molar-refractivity contribution is 0.261. The van der Waals surface area contributed by atoms with Crippen LogP contribution in [0.2, 0.25) is 10.0 Å². The summed E-state index contributed by atoms with van der Waals surface area (Å²) in [6.07, 6.45) is 6.30. The Bertz CT molecular complexity index is 711. The van der Waals surface area contributed by atoms with Crippen LogP contribution >= 0.6 is 23.2 Å². The molecular weight excluding hydrogens is 415 g/mol. The van der Waals surface area contributed by atoms with Crippen molar-refractivity contribution < 1.29 is 4.74 Å². The summed E-state index contributed by atoms with van der Waals surface area (Å²) in [5, 5.41) is 4.83. The zero-order chi connectivity index (χ0) is 21.6. The van der Waals surface area contributed by atoms with E-state index < -0.39 is 0 Å². The Kier molecular flexibility index (Phi) is 12.2. The van der Waals surface area contributed by atoms with Gasteiger partial charge in [-0.15, -0.1) is 0 Å². The second-order valence-corrected chi connectivity index (χ2v) is 8.53. The number of halogens is 2. The molecule has 0 saturated heterocycles. The van der Waals surface area contributed by atoms with Crippen LogP contribution in [0.5, 0.6) is 5.75 Å². The fourth-order valence-corrected chi connectivity index (χ4v) is 3.84. The highest BCUT2D eigenvalue weighted by Gasteiger charge is 2.07. The fraction of sp³-hybridized carbons (Fsp3) is 0.520. The Morgan fingerprint density at radius 2 is 1.50 bits per heavy atom. The van der Waals surface area contributed by atoms with E-state index in [4.69, 9.17) is 27.9 Å². The van der Waals surface area contributed by atoms with Gasteiger partial charge < -0.3 is 15.0 Å². The molecule has 0 amide bonds. The number of nitrogens with one attached hydrogen (secondary N) is 1. The summed E-state index contributed by atoms with van der Waals surface area (Å²) in [5.74, 6) is 0.829. The summed E-state index contributed by atoms with van der Waals surface area (Å²) in [7, 11) is 0. The minimum absolute atomic E-state index is 0.362. The van der Waals surface area contributed by atoms with Crippen LogP contribution in [0, 0.1) is 0 Å². The lowest BCUT2D eigenvalue weighted by Crippen LogP contribution is -2.29. The van der Waals surface area contributed by atoms with E-state index in [-0.39, 0.29) is 0 Å². The van der Waals surface area contributed by atoms with Crippen LogP contribution in [0.15, 0.2) is 42.5 Å². The molecule has 3 nitrogen and oxygen atoms in total. The van der Waals surface area contributed by atoms with Gasteiger partial charge in [0, 0.05) is 22.2 Å². The molecular formula is C25H36Cl2N2O. The first-order valence-corrected chi connectivity index (χ1v) is 12.0. The zero-order valence-corrected chi connectivity index (χ0v) is 19.9. The normalized spacial score (nSPS) is 11.2. The molecule has 0 aliphatic rings. The third kappa shape index (κ3) is 9.26.